The van der Waals surface area contributed by atoms with Crippen LogP contribution in [0.3, 0.4) is 0 Å². The molecule has 0 radical (unpaired) electrons. The van der Waals surface area contributed by atoms with Crippen molar-refractivity contribution in [2.75, 3.05) is 5.75 Å². The van der Waals surface area contributed by atoms with Crippen molar-refractivity contribution in [2.45, 2.75) is 18.3 Å². The molecule has 0 amide bonds. The van der Waals surface area contributed by atoms with Gasteiger partial charge in [-0.1, -0.05) is 41.6 Å². The van der Waals surface area contributed by atoms with E-state index in [4.69, 9.17) is 11.6 Å². The Labute approximate surface area is 162 Å². The maximum atomic E-state index is 13.1. The van der Waals surface area contributed by atoms with E-state index in [0.717, 1.165) is 23.9 Å². The number of Topliss-reactive ketones (excluding diaryl/α,β-unsaturated/α-hetero) is 1. The highest BCUT2D eigenvalue weighted by atomic mass is 35.5. The second-order valence-corrected chi connectivity index (χ2v) is 7.01. The normalized spacial score (nSPS) is 11.6. The second kappa shape index (κ2) is 7.74. The van der Waals surface area contributed by atoms with Crippen LogP contribution >= 0.6 is 23.4 Å². The van der Waals surface area contributed by atoms with Gasteiger partial charge < -0.3 is 0 Å². The highest BCUT2D eigenvalue weighted by molar-refractivity contribution is 7.99. The fraction of sp³-hybridized carbons (Fsp3) is 0.167. The molecule has 9 heteroatoms. The maximum absolute atomic E-state index is 13.1. The molecular weight excluding hydrogens is 399 g/mol. The first kappa shape index (κ1) is 19.4. The van der Waals surface area contributed by atoms with Crippen molar-refractivity contribution in [3.8, 4) is 17.1 Å². The average Bonchev–Trinajstić information content (AvgIpc) is 3.03. The van der Waals surface area contributed by atoms with Gasteiger partial charge in [0.2, 0.25) is 0 Å². The molecule has 0 saturated heterocycles. The molecule has 2 aromatic carbocycles. The van der Waals surface area contributed by atoms with E-state index in [-0.39, 0.29) is 17.2 Å². The molecule has 3 aromatic rings. The third kappa shape index (κ3) is 4.33. The minimum Gasteiger partial charge on any atom is -0.299 e. The molecule has 140 valence electrons. The molecule has 0 aliphatic rings. The minimum absolute atomic E-state index is 0.0853. The molecule has 0 N–H and O–H groups in total. The number of nitrogens with zero attached hydrogens (tertiary/aromatic N) is 3. The third-order valence-corrected chi connectivity index (χ3v) is 4.99. The maximum Gasteiger partial charge on any atom is 0.416 e. The van der Waals surface area contributed by atoms with Gasteiger partial charge in [0.05, 0.1) is 22.0 Å². The van der Waals surface area contributed by atoms with E-state index in [1.165, 1.54) is 23.6 Å². The van der Waals surface area contributed by atoms with Crippen LogP contribution in [0.5, 0.6) is 0 Å². The summed E-state index contributed by atoms with van der Waals surface area (Å²) in [6.07, 6.45) is -4.48. The molecule has 0 bridgehead atoms. The summed E-state index contributed by atoms with van der Waals surface area (Å²) in [5.41, 5.74) is -0.0316. The van der Waals surface area contributed by atoms with E-state index in [9.17, 15) is 18.0 Å². The Morgan fingerprint density at radius 2 is 1.89 bits per heavy atom. The van der Waals surface area contributed by atoms with Crippen molar-refractivity contribution in [1.29, 1.82) is 0 Å². The van der Waals surface area contributed by atoms with Crippen molar-refractivity contribution >= 4 is 29.1 Å². The van der Waals surface area contributed by atoms with Crippen LogP contribution in [0.1, 0.15) is 12.5 Å². The third-order valence-electron chi connectivity index (χ3n) is 3.58. The van der Waals surface area contributed by atoms with E-state index in [1.54, 1.807) is 24.3 Å². The summed E-state index contributed by atoms with van der Waals surface area (Å²) < 4.78 is 40.9. The average molecular weight is 412 g/mol. The van der Waals surface area contributed by atoms with E-state index < -0.39 is 11.7 Å². The van der Waals surface area contributed by atoms with Crippen molar-refractivity contribution in [1.82, 2.24) is 14.8 Å². The Morgan fingerprint density at radius 3 is 2.56 bits per heavy atom. The molecule has 0 atom stereocenters. The zero-order valence-electron chi connectivity index (χ0n) is 14.0. The number of carbonyl (C=O) groups excluding carboxylic acids is 1. The molecule has 0 aliphatic carbocycles. The highest BCUT2D eigenvalue weighted by Gasteiger charge is 2.31. The number of hydrogen-bond donors (Lipinski definition) is 0. The predicted octanol–water partition coefficient (Wildman–Crippen LogP) is 5.29. The number of ketones is 1. The number of thioether (sulfide) groups is 1. The molecule has 1 aromatic heterocycles. The monoisotopic (exact) mass is 411 g/mol. The Hall–Kier alpha value is -2.32. The molecule has 0 saturated carbocycles. The number of aromatic nitrogens is 3. The lowest BCUT2D eigenvalue weighted by molar-refractivity contribution is -0.137. The molecule has 0 unspecified atom stereocenters. The van der Waals surface area contributed by atoms with Gasteiger partial charge in [0, 0.05) is 5.56 Å². The molecule has 27 heavy (non-hydrogen) atoms. The van der Waals surface area contributed by atoms with E-state index >= 15 is 0 Å². The lowest BCUT2D eigenvalue weighted by atomic mass is 10.1. The molecule has 0 aliphatic heterocycles. The zero-order valence-corrected chi connectivity index (χ0v) is 15.6. The topological polar surface area (TPSA) is 47.8 Å². The molecule has 0 spiro atoms. The summed E-state index contributed by atoms with van der Waals surface area (Å²) in [6, 6.07) is 11.7. The zero-order chi connectivity index (χ0) is 19.6. The van der Waals surface area contributed by atoms with Crippen LogP contribution in [0.2, 0.25) is 5.02 Å². The van der Waals surface area contributed by atoms with Crippen LogP contribution in [0.25, 0.3) is 17.1 Å². The Bertz CT molecular complexity index is 988. The van der Waals surface area contributed by atoms with Gasteiger partial charge in [-0.25, -0.2) is 0 Å². The lowest BCUT2D eigenvalue weighted by Gasteiger charge is -2.13. The second-order valence-electron chi connectivity index (χ2n) is 5.66. The number of carbonyl (C=O) groups is 1. The van der Waals surface area contributed by atoms with E-state index in [2.05, 4.69) is 10.2 Å². The molecular formula is C18H13ClF3N3OS. The first-order chi connectivity index (χ1) is 12.8. The van der Waals surface area contributed by atoms with Gasteiger partial charge in [-0.05, 0) is 37.3 Å². The van der Waals surface area contributed by atoms with E-state index in [1.807, 2.05) is 0 Å². The Kier molecular flexibility index (Phi) is 5.57. The Balaban J connectivity index is 2.18. The first-order valence-corrected chi connectivity index (χ1v) is 9.14. The first-order valence-electron chi connectivity index (χ1n) is 7.77. The van der Waals surface area contributed by atoms with Gasteiger partial charge in [0.25, 0.3) is 0 Å². The molecule has 0 fully saturated rings. The van der Waals surface area contributed by atoms with Crippen LogP contribution in [-0.4, -0.2) is 26.3 Å². The number of alkyl halides is 3. The van der Waals surface area contributed by atoms with Crippen LogP contribution in [-0.2, 0) is 11.0 Å². The summed E-state index contributed by atoms with van der Waals surface area (Å²) >= 11 is 7.34. The van der Waals surface area contributed by atoms with Gasteiger partial charge >= 0.3 is 6.18 Å². The lowest BCUT2D eigenvalue weighted by Crippen LogP contribution is -2.07. The minimum atomic E-state index is -4.48. The quantitative estimate of drug-likeness (QED) is 0.535. The van der Waals surface area contributed by atoms with E-state index in [0.29, 0.717) is 21.6 Å². The van der Waals surface area contributed by atoms with Crippen LogP contribution in [0, 0.1) is 0 Å². The molecule has 1 heterocycles. The van der Waals surface area contributed by atoms with Crippen molar-refractivity contribution in [2.24, 2.45) is 0 Å². The number of hydrogen-bond acceptors (Lipinski definition) is 4. The van der Waals surface area contributed by atoms with Crippen molar-refractivity contribution in [3.63, 3.8) is 0 Å². The van der Waals surface area contributed by atoms with Gasteiger partial charge in [-0.2, -0.15) is 13.2 Å². The van der Waals surface area contributed by atoms with Crippen LogP contribution < -0.4 is 0 Å². The predicted molar refractivity (Wildman–Crippen MR) is 98.2 cm³/mol. The smallest absolute Gasteiger partial charge is 0.299 e. The standard InChI is InChI=1S/C18H13ClF3N3OS/c1-11(26)10-27-17-24-23-16(14-7-2-3-8-15(14)19)25(17)13-6-4-5-12(9-13)18(20,21)22/h2-9H,10H2,1H3. The van der Waals surface area contributed by atoms with Crippen LogP contribution in [0.4, 0.5) is 13.2 Å². The van der Waals surface area contributed by atoms with Gasteiger partial charge in [-0.15, -0.1) is 10.2 Å². The number of rotatable bonds is 5. The van der Waals surface area contributed by atoms with Gasteiger partial charge in [-0.3, -0.25) is 9.36 Å². The van der Waals surface area contributed by atoms with Gasteiger partial charge in [0.1, 0.15) is 5.78 Å². The fourth-order valence-corrected chi connectivity index (χ4v) is 3.37. The van der Waals surface area contributed by atoms with Crippen LogP contribution in [0.15, 0.2) is 53.7 Å². The summed E-state index contributed by atoms with van der Waals surface area (Å²) in [5.74, 6) is 0.337. The Morgan fingerprint density at radius 1 is 1.15 bits per heavy atom. The SMILES string of the molecule is CC(=O)CSc1nnc(-c2ccccc2Cl)n1-c1cccc(C(F)(F)F)c1. The fourth-order valence-electron chi connectivity index (χ4n) is 2.40. The molecule has 3 rings (SSSR count). The van der Waals surface area contributed by atoms with Crippen molar-refractivity contribution in [3.05, 3.63) is 59.1 Å². The summed E-state index contributed by atoms with van der Waals surface area (Å²) in [6.45, 7) is 1.42. The summed E-state index contributed by atoms with van der Waals surface area (Å²) in [4.78, 5) is 11.3. The highest BCUT2D eigenvalue weighted by Crippen LogP contribution is 2.34. The number of benzene rings is 2. The molecule has 4 nitrogen and oxygen atoms in total. The summed E-state index contributed by atoms with van der Waals surface area (Å²) in [7, 11) is 0. The number of halogens is 4. The van der Waals surface area contributed by atoms with Gasteiger partial charge in [0.15, 0.2) is 11.0 Å². The summed E-state index contributed by atoms with van der Waals surface area (Å²) in [5, 5.41) is 8.86. The van der Waals surface area contributed by atoms with Crippen molar-refractivity contribution < 1.29 is 18.0 Å². The largest absolute Gasteiger partial charge is 0.416 e.